The lowest BCUT2D eigenvalue weighted by atomic mass is 9.98. The lowest BCUT2D eigenvalue weighted by Crippen LogP contribution is -2.36. The Bertz CT molecular complexity index is 975. The summed E-state index contributed by atoms with van der Waals surface area (Å²) in [6, 6.07) is 12.2. The Morgan fingerprint density at radius 2 is 1.40 bits per heavy atom. The summed E-state index contributed by atoms with van der Waals surface area (Å²) in [6.45, 7) is 3.47. The van der Waals surface area contributed by atoms with Crippen molar-refractivity contribution in [2.75, 3.05) is 26.2 Å². The molecule has 2 fully saturated rings. The summed E-state index contributed by atoms with van der Waals surface area (Å²) in [5.41, 5.74) is 4.01. The Labute approximate surface area is 182 Å². The second-order valence-corrected chi connectivity index (χ2v) is 9.65. The van der Waals surface area contributed by atoms with Gasteiger partial charge in [-0.3, -0.25) is 9.59 Å². The zero-order valence-electron chi connectivity index (χ0n) is 17.4. The largest absolute Gasteiger partial charge is 0.339 e. The summed E-state index contributed by atoms with van der Waals surface area (Å²) >= 11 is 1.69. The van der Waals surface area contributed by atoms with E-state index in [0.717, 1.165) is 79.2 Å². The van der Waals surface area contributed by atoms with Gasteiger partial charge in [0.1, 0.15) is 0 Å². The molecule has 5 rings (SSSR count). The first kappa shape index (κ1) is 19.7. The van der Waals surface area contributed by atoms with Crippen LogP contribution in [0.3, 0.4) is 0 Å². The van der Waals surface area contributed by atoms with Gasteiger partial charge >= 0.3 is 0 Å². The van der Waals surface area contributed by atoms with Gasteiger partial charge in [0, 0.05) is 41.5 Å². The zero-order chi connectivity index (χ0) is 20.5. The molecule has 0 aliphatic carbocycles. The molecular formula is C25H28N2O2S. The number of hydrogen-bond acceptors (Lipinski definition) is 3. The topological polar surface area (TPSA) is 40.6 Å². The van der Waals surface area contributed by atoms with E-state index < -0.39 is 0 Å². The molecular weight excluding hydrogens is 392 g/mol. The van der Waals surface area contributed by atoms with Crippen molar-refractivity contribution >= 4 is 23.6 Å². The van der Waals surface area contributed by atoms with Crippen LogP contribution in [0.4, 0.5) is 0 Å². The van der Waals surface area contributed by atoms with E-state index in [1.165, 1.54) is 24.0 Å². The maximum Gasteiger partial charge on any atom is 0.255 e. The maximum absolute atomic E-state index is 13.2. The van der Waals surface area contributed by atoms with Gasteiger partial charge in [0.2, 0.25) is 0 Å². The molecule has 0 N–H and O–H groups in total. The summed E-state index contributed by atoms with van der Waals surface area (Å²) in [7, 11) is 0. The van der Waals surface area contributed by atoms with E-state index >= 15 is 0 Å². The van der Waals surface area contributed by atoms with Gasteiger partial charge in [-0.25, -0.2) is 0 Å². The van der Waals surface area contributed by atoms with E-state index in [0.29, 0.717) is 0 Å². The second kappa shape index (κ2) is 8.46. The van der Waals surface area contributed by atoms with E-state index in [4.69, 9.17) is 0 Å². The van der Waals surface area contributed by atoms with Crippen molar-refractivity contribution in [2.45, 2.75) is 54.7 Å². The number of carbonyl (C=O) groups excluding carboxylic acids is 2. The highest BCUT2D eigenvalue weighted by atomic mass is 32.2. The molecule has 2 amide bonds. The summed E-state index contributed by atoms with van der Waals surface area (Å²) < 4.78 is 0. The number of fused-ring (bicyclic) bond motifs is 2. The van der Waals surface area contributed by atoms with Crippen LogP contribution in [0.25, 0.3) is 0 Å². The zero-order valence-corrected chi connectivity index (χ0v) is 18.2. The van der Waals surface area contributed by atoms with Crippen molar-refractivity contribution in [1.82, 2.24) is 9.80 Å². The van der Waals surface area contributed by atoms with Crippen molar-refractivity contribution in [3.63, 3.8) is 0 Å². The number of likely N-dealkylation sites (tertiary alicyclic amines) is 2. The van der Waals surface area contributed by atoms with Gasteiger partial charge in [0.15, 0.2) is 0 Å². The van der Waals surface area contributed by atoms with Crippen LogP contribution in [0.15, 0.2) is 46.2 Å². The average molecular weight is 421 g/mol. The molecule has 30 heavy (non-hydrogen) atoms. The molecule has 0 bridgehead atoms. The van der Waals surface area contributed by atoms with Crippen LogP contribution >= 0.6 is 11.8 Å². The van der Waals surface area contributed by atoms with Gasteiger partial charge in [0.25, 0.3) is 11.8 Å². The number of amides is 2. The van der Waals surface area contributed by atoms with E-state index in [9.17, 15) is 9.59 Å². The third kappa shape index (κ3) is 3.76. The molecule has 0 aromatic heterocycles. The first-order chi connectivity index (χ1) is 14.7. The van der Waals surface area contributed by atoms with Crippen molar-refractivity contribution in [2.24, 2.45) is 0 Å². The maximum atomic E-state index is 13.2. The number of carbonyl (C=O) groups is 2. The number of benzene rings is 2. The summed E-state index contributed by atoms with van der Waals surface area (Å²) in [4.78, 5) is 32.3. The van der Waals surface area contributed by atoms with Crippen molar-refractivity contribution in [3.8, 4) is 0 Å². The second-order valence-electron chi connectivity index (χ2n) is 8.60. The quantitative estimate of drug-likeness (QED) is 0.586. The predicted octanol–water partition coefficient (Wildman–Crippen LogP) is 4.99. The molecule has 3 aliphatic heterocycles. The van der Waals surface area contributed by atoms with E-state index in [2.05, 4.69) is 18.2 Å². The SMILES string of the molecule is O=C(c1ccc2c(c1)Cc1cccc(C(=O)N3CCCCC3)c1S2)N1CCCCC1. The molecule has 156 valence electrons. The third-order valence-corrected chi connectivity index (χ3v) is 7.82. The predicted molar refractivity (Wildman–Crippen MR) is 119 cm³/mol. The average Bonchev–Trinajstić information content (AvgIpc) is 2.82. The summed E-state index contributed by atoms with van der Waals surface area (Å²) in [5.74, 6) is 0.321. The molecule has 2 saturated heterocycles. The first-order valence-corrected chi connectivity index (χ1v) is 12.0. The Kier molecular flexibility index (Phi) is 5.55. The summed E-state index contributed by atoms with van der Waals surface area (Å²) in [6.07, 6.45) is 7.63. The highest BCUT2D eigenvalue weighted by molar-refractivity contribution is 7.99. The summed E-state index contributed by atoms with van der Waals surface area (Å²) in [5, 5.41) is 0. The fourth-order valence-corrected chi connectivity index (χ4v) is 5.98. The first-order valence-electron chi connectivity index (χ1n) is 11.2. The normalized spacial score (nSPS) is 18.5. The van der Waals surface area contributed by atoms with Gasteiger partial charge in [-0.2, -0.15) is 0 Å². The molecule has 0 unspecified atom stereocenters. The van der Waals surface area contributed by atoms with Gasteiger partial charge in [-0.1, -0.05) is 23.9 Å². The Morgan fingerprint density at radius 3 is 2.10 bits per heavy atom. The molecule has 2 aromatic rings. The number of hydrogen-bond donors (Lipinski definition) is 0. The van der Waals surface area contributed by atoms with E-state index in [1.54, 1.807) is 11.8 Å². The Morgan fingerprint density at radius 1 is 0.733 bits per heavy atom. The molecule has 5 heteroatoms. The fraction of sp³-hybridized carbons (Fsp3) is 0.440. The van der Waals surface area contributed by atoms with Crippen LogP contribution in [0.1, 0.15) is 70.4 Å². The number of piperidine rings is 2. The third-order valence-electron chi connectivity index (χ3n) is 6.51. The van der Waals surface area contributed by atoms with E-state index in [-0.39, 0.29) is 11.8 Å². The molecule has 0 atom stereocenters. The molecule has 2 aromatic carbocycles. The minimum absolute atomic E-state index is 0.155. The van der Waals surface area contributed by atoms with Crippen LogP contribution in [0.2, 0.25) is 0 Å². The number of nitrogens with zero attached hydrogens (tertiary/aromatic N) is 2. The van der Waals surface area contributed by atoms with Crippen molar-refractivity contribution in [3.05, 3.63) is 58.7 Å². The van der Waals surface area contributed by atoms with Crippen molar-refractivity contribution in [1.29, 1.82) is 0 Å². The van der Waals surface area contributed by atoms with Crippen LogP contribution in [0, 0.1) is 0 Å². The standard InChI is InChI=1S/C25H28N2O2S/c28-24(26-12-3-1-4-13-26)19-10-11-22-20(17-19)16-18-8-7-9-21(23(18)30-22)25(29)27-14-5-2-6-15-27/h7-11,17H,1-6,12-16H2. The number of rotatable bonds is 2. The van der Waals surface area contributed by atoms with Gasteiger partial charge in [-0.05, 0) is 80.3 Å². The molecule has 0 saturated carbocycles. The highest BCUT2D eigenvalue weighted by Crippen LogP contribution is 2.42. The smallest absolute Gasteiger partial charge is 0.255 e. The van der Waals surface area contributed by atoms with Gasteiger partial charge < -0.3 is 9.80 Å². The van der Waals surface area contributed by atoms with E-state index in [1.807, 2.05) is 28.0 Å². The molecule has 4 nitrogen and oxygen atoms in total. The Balaban J connectivity index is 1.40. The molecule has 0 radical (unpaired) electrons. The Hall–Kier alpha value is -2.27. The van der Waals surface area contributed by atoms with Crippen molar-refractivity contribution < 1.29 is 9.59 Å². The minimum atomic E-state index is 0.155. The molecule has 3 aliphatic rings. The fourth-order valence-electron chi connectivity index (χ4n) is 4.83. The lowest BCUT2D eigenvalue weighted by Gasteiger charge is -2.29. The van der Waals surface area contributed by atoms with Crippen LogP contribution in [-0.4, -0.2) is 47.8 Å². The monoisotopic (exact) mass is 420 g/mol. The minimum Gasteiger partial charge on any atom is -0.339 e. The highest BCUT2D eigenvalue weighted by Gasteiger charge is 2.27. The van der Waals surface area contributed by atoms with Crippen LogP contribution in [0.5, 0.6) is 0 Å². The lowest BCUT2D eigenvalue weighted by molar-refractivity contribution is 0.0715. The van der Waals surface area contributed by atoms with Crippen LogP contribution in [-0.2, 0) is 6.42 Å². The van der Waals surface area contributed by atoms with Gasteiger partial charge in [0.05, 0.1) is 5.56 Å². The molecule has 3 heterocycles. The van der Waals surface area contributed by atoms with Gasteiger partial charge in [-0.15, -0.1) is 0 Å². The molecule has 0 spiro atoms. The van der Waals surface area contributed by atoms with Crippen LogP contribution < -0.4 is 0 Å².